The van der Waals surface area contributed by atoms with E-state index in [1.807, 2.05) is 55.5 Å². The van der Waals surface area contributed by atoms with Crippen LogP contribution in [-0.2, 0) is 22.0 Å². The molecule has 3 aromatic rings. The number of aliphatic hydroxyl groups excluding tert-OH is 1. The summed E-state index contributed by atoms with van der Waals surface area (Å²) in [6.45, 7) is 5.16. The maximum Gasteiger partial charge on any atom is 0.165 e. The van der Waals surface area contributed by atoms with E-state index in [0.29, 0.717) is 30.2 Å². The van der Waals surface area contributed by atoms with E-state index in [-0.39, 0.29) is 23.1 Å². The van der Waals surface area contributed by atoms with Crippen LogP contribution in [0.2, 0.25) is 0 Å². The minimum Gasteiger partial charge on any atom is -0.504 e. The highest BCUT2D eigenvalue weighted by atomic mass is 16.5. The third kappa shape index (κ3) is 4.70. The van der Waals surface area contributed by atoms with E-state index in [1.54, 1.807) is 6.07 Å². The Morgan fingerprint density at radius 1 is 1.05 bits per heavy atom. The molecule has 44 heavy (non-hydrogen) atoms. The molecule has 3 aromatic carbocycles. The molecule has 2 aliphatic carbocycles. The van der Waals surface area contributed by atoms with Gasteiger partial charge in [0.2, 0.25) is 0 Å². The van der Waals surface area contributed by atoms with E-state index in [9.17, 15) is 15.0 Å². The van der Waals surface area contributed by atoms with Crippen LogP contribution in [0.1, 0.15) is 55.4 Å². The summed E-state index contributed by atoms with van der Waals surface area (Å²) in [5.74, 6) is 1.47. The van der Waals surface area contributed by atoms with Crippen LogP contribution in [0.4, 0.5) is 0 Å². The van der Waals surface area contributed by atoms with Gasteiger partial charge in [0.05, 0.1) is 5.41 Å². The zero-order chi connectivity index (χ0) is 31.2. The molecule has 0 amide bonds. The molecule has 6 heteroatoms. The molecule has 7 rings (SSSR count). The number of ether oxygens (including phenoxy) is 1. The van der Waals surface area contributed by atoms with Crippen molar-refractivity contribution in [3.63, 3.8) is 0 Å². The number of phenolic OH excluding ortho intramolecular Hbond substituents is 1. The van der Waals surface area contributed by atoms with Crippen molar-refractivity contribution in [1.29, 1.82) is 0 Å². The predicted octanol–water partition coefficient (Wildman–Crippen LogP) is 5.49. The van der Waals surface area contributed by atoms with Gasteiger partial charge in [0, 0.05) is 35.4 Å². The minimum atomic E-state index is -0.594. The Hall–Kier alpha value is -3.45. The molecule has 1 saturated heterocycles. The lowest BCUT2D eigenvalue weighted by molar-refractivity contribution is -0.123. The molecule has 0 aromatic heterocycles. The molecule has 6 nitrogen and oxygen atoms in total. The number of benzene rings is 3. The summed E-state index contributed by atoms with van der Waals surface area (Å²) in [7, 11) is 6.33. The first-order chi connectivity index (χ1) is 21.1. The number of aliphatic hydroxyl groups is 1. The van der Waals surface area contributed by atoms with Gasteiger partial charge in [-0.1, -0.05) is 85.8 Å². The van der Waals surface area contributed by atoms with Crippen LogP contribution in [0.5, 0.6) is 11.5 Å². The second kappa shape index (κ2) is 11.8. The van der Waals surface area contributed by atoms with Gasteiger partial charge in [-0.15, -0.1) is 0 Å². The molecule has 4 aliphatic rings. The van der Waals surface area contributed by atoms with Crippen LogP contribution in [0.3, 0.4) is 0 Å². The largest absolute Gasteiger partial charge is 0.504 e. The van der Waals surface area contributed by atoms with Crippen LogP contribution in [0.25, 0.3) is 0 Å². The number of ketones is 1. The number of likely N-dealkylation sites (tertiary alicyclic amines) is 1. The van der Waals surface area contributed by atoms with Gasteiger partial charge in [0.15, 0.2) is 11.5 Å². The van der Waals surface area contributed by atoms with Gasteiger partial charge in [0.25, 0.3) is 0 Å². The molecule has 6 atom stereocenters. The van der Waals surface area contributed by atoms with Crippen LogP contribution in [0, 0.1) is 5.92 Å². The molecule has 2 N–H and O–H groups in total. The van der Waals surface area contributed by atoms with Crippen molar-refractivity contribution in [3.05, 3.63) is 107 Å². The number of hydrogen-bond donors (Lipinski definition) is 2. The number of Topliss-reactive ketones (excluding diaryl/α,β-unsaturated/α-hetero) is 1. The van der Waals surface area contributed by atoms with Gasteiger partial charge in [0.1, 0.15) is 18.0 Å². The second-order valence-corrected chi connectivity index (χ2v) is 13.4. The molecule has 2 heterocycles. The Labute approximate surface area is 262 Å². The fourth-order valence-corrected chi connectivity index (χ4v) is 8.45. The van der Waals surface area contributed by atoms with Crippen molar-refractivity contribution in [2.24, 2.45) is 5.92 Å². The molecule has 1 fully saturated rings. The summed E-state index contributed by atoms with van der Waals surface area (Å²) in [6.07, 6.45) is 6.49. The lowest BCUT2D eigenvalue weighted by atomic mass is 9.53. The van der Waals surface area contributed by atoms with Crippen molar-refractivity contribution in [1.82, 2.24) is 9.80 Å². The highest BCUT2D eigenvalue weighted by molar-refractivity contribution is 5.93. The van der Waals surface area contributed by atoms with Crippen molar-refractivity contribution in [3.8, 4) is 11.5 Å². The number of piperidine rings is 1. The van der Waals surface area contributed by atoms with Gasteiger partial charge >= 0.3 is 0 Å². The minimum absolute atomic E-state index is 0.160. The molecular weight excluding hydrogens is 548 g/mol. The molecule has 232 valence electrons. The van der Waals surface area contributed by atoms with Crippen LogP contribution < -0.4 is 4.74 Å². The van der Waals surface area contributed by atoms with Crippen molar-refractivity contribution >= 4 is 5.78 Å². The van der Waals surface area contributed by atoms with E-state index in [2.05, 4.69) is 68.2 Å². The number of carbonyl (C=O) groups is 1. The highest BCUT2D eigenvalue weighted by Crippen LogP contribution is 2.62. The summed E-state index contributed by atoms with van der Waals surface area (Å²) in [6, 6.07) is 25.0. The number of aromatic hydroxyl groups is 1. The van der Waals surface area contributed by atoms with Gasteiger partial charge in [-0.05, 0) is 76.6 Å². The number of likely N-dealkylation sites (N-methyl/N-ethyl adjacent to an activating group) is 1. The quantitative estimate of drug-likeness (QED) is 0.353. The van der Waals surface area contributed by atoms with E-state index in [4.69, 9.17) is 4.74 Å². The van der Waals surface area contributed by atoms with Gasteiger partial charge in [-0.2, -0.15) is 0 Å². The summed E-state index contributed by atoms with van der Waals surface area (Å²) >= 11 is 0. The summed E-state index contributed by atoms with van der Waals surface area (Å²) in [5.41, 5.74) is 3.89. The maximum absolute atomic E-state index is 13.2. The maximum atomic E-state index is 13.2. The lowest BCUT2D eigenvalue weighted by Gasteiger charge is -2.56. The van der Waals surface area contributed by atoms with E-state index in [0.717, 1.165) is 36.9 Å². The van der Waals surface area contributed by atoms with E-state index >= 15 is 0 Å². The average molecular weight is 595 g/mol. The summed E-state index contributed by atoms with van der Waals surface area (Å²) in [4.78, 5) is 17.8. The molecule has 2 aliphatic heterocycles. The monoisotopic (exact) mass is 594 g/mol. The van der Waals surface area contributed by atoms with Gasteiger partial charge < -0.3 is 24.7 Å². The molecule has 1 spiro atoms. The number of phenols is 1. The van der Waals surface area contributed by atoms with Crippen molar-refractivity contribution in [2.45, 2.75) is 74.7 Å². The topological polar surface area (TPSA) is 73.2 Å². The molecule has 1 unspecified atom stereocenters. The number of carbonyl (C=O) groups excluding carboxylic acids is 1. The second-order valence-electron chi connectivity index (χ2n) is 13.4. The normalized spacial score (nSPS) is 27.2. The summed E-state index contributed by atoms with van der Waals surface area (Å²) in [5, 5.41) is 20.6. The molecule has 0 radical (unpaired) electrons. The van der Waals surface area contributed by atoms with Crippen LogP contribution >= 0.6 is 0 Å². The first-order valence-electron chi connectivity index (χ1n) is 16.0. The van der Waals surface area contributed by atoms with Gasteiger partial charge in [-0.3, -0.25) is 4.79 Å². The molecular formula is C38H46N2O4. The van der Waals surface area contributed by atoms with Gasteiger partial charge in [-0.25, -0.2) is 0 Å². The lowest BCUT2D eigenvalue weighted by Crippen LogP contribution is -2.64. The Morgan fingerprint density at radius 3 is 2.27 bits per heavy atom. The third-order valence-electron chi connectivity index (χ3n) is 11.0. The zero-order valence-electron chi connectivity index (χ0n) is 26.6. The van der Waals surface area contributed by atoms with Crippen LogP contribution in [0.15, 0.2) is 84.9 Å². The zero-order valence-corrected chi connectivity index (χ0v) is 26.6. The van der Waals surface area contributed by atoms with Crippen molar-refractivity contribution in [2.75, 3.05) is 27.7 Å². The fraction of sp³-hybridized carbons (Fsp3) is 0.447. The molecule has 2 bridgehead atoms. The number of hydrogen-bond acceptors (Lipinski definition) is 6. The predicted molar refractivity (Wildman–Crippen MR) is 174 cm³/mol. The number of rotatable bonds is 7. The van der Waals surface area contributed by atoms with E-state index < -0.39 is 11.5 Å². The van der Waals surface area contributed by atoms with E-state index in [1.165, 1.54) is 11.1 Å². The van der Waals surface area contributed by atoms with Crippen molar-refractivity contribution < 1.29 is 19.7 Å². The first kappa shape index (κ1) is 30.6. The Kier molecular flexibility index (Phi) is 8.20. The average Bonchev–Trinajstić information content (AvgIpc) is 3.40. The smallest absolute Gasteiger partial charge is 0.165 e. The number of nitrogens with zero attached hydrogens (tertiary/aromatic N) is 2. The fourth-order valence-electron chi connectivity index (χ4n) is 8.45. The first-order valence-corrected chi connectivity index (χ1v) is 16.0. The standard InChI is InChI=1S/C21H27NO.C17H19NO3/c1-5-20(23)21(16-17(2)22(3)4,18-12-8-6-9-13-18)19-14-10-7-11-15-19;1-18-7-6-17-10-3-5-13(20)16(17)21-15-12(19)4-2-9(14(15)17)8-11(10)18/h6-15,17H,5,16H2,1-4H3;2-5,10-11,13,16,19-20H,6-8H2,1H3/t;10-,11+,13-,16-,17-/m.0/s1. The van der Waals surface area contributed by atoms with Crippen LogP contribution in [-0.4, -0.2) is 77.8 Å². The third-order valence-corrected chi connectivity index (χ3v) is 11.0. The SMILES string of the molecule is CCC(=O)C(CC(C)N(C)C)(c1ccccc1)c1ccccc1.CN1CC[C@]23c4c5ccc(O)c4O[C@H]2[C@@H](O)C=C[C@H]3[C@H]1C5. The Balaban J connectivity index is 0.000000156. The highest BCUT2D eigenvalue weighted by Gasteiger charge is 2.64. The summed E-state index contributed by atoms with van der Waals surface area (Å²) < 4.78 is 6.09. The Morgan fingerprint density at radius 2 is 1.68 bits per heavy atom. The molecule has 0 saturated carbocycles. The Bertz CT molecular complexity index is 1480.